The summed E-state index contributed by atoms with van der Waals surface area (Å²) < 4.78 is 124. The van der Waals surface area contributed by atoms with Crippen LogP contribution in [0.4, 0.5) is 26.3 Å². The summed E-state index contributed by atoms with van der Waals surface area (Å²) in [6, 6.07) is 1.13. The fourth-order valence-electron chi connectivity index (χ4n) is 1.68. The monoisotopic (exact) mass is 409 g/mol. The Kier molecular flexibility index (Phi) is 4.36. The molecule has 0 saturated heterocycles. The number of hydrogen-bond acceptors (Lipinski definition) is 6. The second-order valence-electron chi connectivity index (χ2n) is 4.31. The minimum absolute atomic E-state index is 0.0223. The summed E-state index contributed by atoms with van der Waals surface area (Å²) in [5.74, 6) is -1.24. The summed E-state index contributed by atoms with van der Waals surface area (Å²) in [4.78, 5) is -1.02. The Morgan fingerprint density at radius 2 is 1.44 bits per heavy atom. The molecule has 0 atom stereocenters. The number of hydrogen-bond donors (Lipinski definition) is 0. The number of alkyl halides is 6. The van der Waals surface area contributed by atoms with Crippen LogP contribution in [0.2, 0.25) is 0 Å². The van der Waals surface area contributed by atoms with Crippen molar-refractivity contribution in [3.63, 3.8) is 0 Å². The molecule has 0 radical (unpaired) electrons. The van der Waals surface area contributed by atoms with Crippen molar-refractivity contribution >= 4 is 19.7 Å². The summed E-state index contributed by atoms with van der Waals surface area (Å²) in [5, 5.41) is 3.37. The first-order valence-corrected chi connectivity index (χ1v) is 8.79. The van der Waals surface area contributed by atoms with Gasteiger partial charge in [-0.1, -0.05) is 0 Å². The molecule has 0 N–H and O–H groups in total. The Morgan fingerprint density at radius 1 is 0.880 bits per heavy atom. The SMILES string of the molecule is O=S(=O)(c1ccnc(-n2cccn2)c1S(=O)(=O)C(F)(F)F)C(F)(F)F. The van der Waals surface area contributed by atoms with E-state index >= 15 is 0 Å². The van der Waals surface area contributed by atoms with E-state index in [0.29, 0.717) is 10.9 Å². The topological polar surface area (TPSA) is 99.0 Å². The van der Waals surface area contributed by atoms with E-state index in [9.17, 15) is 43.2 Å². The highest BCUT2D eigenvalue weighted by molar-refractivity contribution is 7.95. The van der Waals surface area contributed by atoms with E-state index in [2.05, 4.69) is 10.1 Å². The maximum absolute atomic E-state index is 12.9. The van der Waals surface area contributed by atoms with Crippen LogP contribution in [0.1, 0.15) is 0 Å². The molecule has 0 spiro atoms. The first kappa shape index (κ1) is 19.2. The van der Waals surface area contributed by atoms with Gasteiger partial charge in [0.15, 0.2) is 5.82 Å². The molecule has 2 aromatic rings. The smallest absolute Gasteiger partial charge is 0.236 e. The van der Waals surface area contributed by atoms with Gasteiger partial charge in [0.25, 0.3) is 19.7 Å². The van der Waals surface area contributed by atoms with E-state index in [1.54, 1.807) is 0 Å². The lowest BCUT2D eigenvalue weighted by molar-refractivity contribution is -0.0456. The van der Waals surface area contributed by atoms with Crippen molar-refractivity contribution in [2.24, 2.45) is 0 Å². The second kappa shape index (κ2) is 5.69. The van der Waals surface area contributed by atoms with Gasteiger partial charge in [0, 0.05) is 18.6 Å². The van der Waals surface area contributed by atoms with Crippen LogP contribution in [0.15, 0.2) is 40.5 Å². The average Bonchev–Trinajstić information content (AvgIpc) is 2.98. The van der Waals surface area contributed by atoms with Gasteiger partial charge in [0.05, 0.1) is 0 Å². The van der Waals surface area contributed by atoms with Gasteiger partial charge in [-0.25, -0.2) is 26.5 Å². The molecule has 0 unspecified atom stereocenters. The fourth-order valence-corrected chi connectivity index (χ4v) is 4.12. The molecule has 0 saturated carbocycles. The van der Waals surface area contributed by atoms with E-state index in [0.717, 1.165) is 18.5 Å². The Balaban J connectivity index is 3.01. The molecule has 25 heavy (non-hydrogen) atoms. The zero-order valence-electron chi connectivity index (χ0n) is 11.4. The van der Waals surface area contributed by atoms with E-state index in [1.807, 2.05) is 0 Å². The molecule has 15 heteroatoms. The van der Waals surface area contributed by atoms with Crippen LogP contribution in [0.3, 0.4) is 0 Å². The molecule has 0 fully saturated rings. The number of sulfone groups is 2. The summed E-state index contributed by atoms with van der Waals surface area (Å²) >= 11 is 0. The highest BCUT2D eigenvalue weighted by atomic mass is 32.2. The van der Waals surface area contributed by atoms with Gasteiger partial charge in [0.1, 0.15) is 9.79 Å². The van der Waals surface area contributed by atoms with Crippen LogP contribution >= 0.6 is 0 Å². The molecule has 7 nitrogen and oxygen atoms in total. The number of aromatic nitrogens is 3. The Bertz CT molecular complexity index is 994. The Morgan fingerprint density at radius 3 is 1.88 bits per heavy atom. The number of rotatable bonds is 3. The highest BCUT2D eigenvalue weighted by Crippen LogP contribution is 2.40. The van der Waals surface area contributed by atoms with Gasteiger partial charge in [0.2, 0.25) is 0 Å². The van der Waals surface area contributed by atoms with Crippen molar-refractivity contribution in [3.05, 3.63) is 30.7 Å². The van der Waals surface area contributed by atoms with Crippen molar-refractivity contribution in [2.75, 3.05) is 0 Å². The predicted octanol–water partition coefficient (Wildman–Crippen LogP) is 1.85. The number of pyridine rings is 1. The molecular formula is C10H5F6N3O4S2. The van der Waals surface area contributed by atoms with E-state index in [-0.39, 0.29) is 6.07 Å². The summed E-state index contributed by atoms with van der Waals surface area (Å²) in [5.41, 5.74) is -12.1. The average molecular weight is 409 g/mol. The van der Waals surface area contributed by atoms with Gasteiger partial charge in [-0.05, 0) is 12.1 Å². The quantitative estimate of drug-likeness (QED) is 0.718. The summed E-state index contributed by atoms with van der Waals surface area (Å²) in [7, 11) is -12.9. The van der Waals surface area contributed by atoms with Crippen LogP contribution < -0.4 is 0 Å². The third-order valence-corrected chi connectivity index (χ3v) is 5.95. The van der Waals surface area contributed by atoms with Crippen LogP contribution in [0.25, 0.3) is 5.82 Å². The molecule has 0 aliphatic rings. The van der Waals surface area contributed by atoms with E-state index in [4.69, 9.17) is 0 Å². The molecule has 2 heterocycles. The van der Waals surface area contributed by atoms with Gasteiger partial charge >= 0.3 is 11.0 Å². The standard InChI is InChI=1S/C10H5F6N3O4S2/c11-9(12,13)24(20,21)6-2-4-17-8(19-5-1-3-18-19)7(6)25(22,23)10(14,15)16/h1-5H. The molecule has 2 aromatic heterocycles. The lowest BCUT2D eigenvalue weighted by atomic mass is 10.4. The van der Waals surface area contributed by atoms with Crippen molar-refractivity contribution in [1.29, 1.82) is 0 Å². The van der Waals surface area contributed by atoms with Crippen molar-refractivity contribution in [1.82, 2.24) is 14.8 Å². The van der Waals surface area contributed by atoms with Crippen LogP contribution in [0.5, 0.6) is 0 Å². The first-order chi connectivity index (χ1) is 11.2. The number of halogens is 6. The van der Waals surface area contributed by atoms with Crippen LogP contribution in [0, 0.1) is 0 Å². The molecule has 0 aliphatic heterocycles. The zero-order chi connectivity index (χ0) is 19.3. The van der Waals surface area contributed by atoms with Gasteiger partial charge in [-0.2, -0.15) is 31.4 Å². The third kappa shape index (κ3) is 3.08. The molecular weight excluding hydrogens is 404 g/mol. The minimum Gasteiger partial charge on any atom is -0.236 e. The maximum atomic E-state index is 12.9. The van der Waals surface area contributed by atoms with Crippen LogP contribution in [-0.2, 0) is 19.7 Å². The first-order valence-electron chi connectivity index (χ1n) is 5.83. The van der Waals surface area contributed by atoms with Crippen molar-refractivity contribution < 1.29 is 43.2 Å². The largest absolute Gasteiger partial charge is 0.502 e. The third-order valence-electron chi connectivity index (χ3n) is 2.74. The zero-order valence-corrected chi connectivity index (χ0v) is 13.1. The van der Waals surface area contributed by atoms with Crippen LogP contribution in [-0.4, -0.2) is 42.6 Å². The molecule has 138 valence electrons. The van der Waals surface area contributed by atoms with Crippen molar-refractivity contribution in [3.8, 4) is 5.82 Å². The predicted molar refractivity (Wildman–Crippen MR) is 67.8 cm³/mol. The van der Waals surface area contributed by atoms with Gasteiger partial charge < -0.3 is 0 Å². The molecule has 0 aromatic carbocycles. The van der Waals surface area contributed by atoms with Gasteiger partial charge in [-0.3, -0.25) is 0 Å². The van der Waals surface area contributed by atoms with E-state index < -0.39 is 46.3 Å². The second-order valence-corrected chi connectivity index (χ2v) is 8.10. The highest BCUT2D eigenvalue weighted by Gasteiger charge is 2.55. The summed E-state index contributed by atoms with van der Waals surface area (Å²) in [6.45, 7) is 0. The Hall–Kier alpha value is -2.16. The molecule has 0 amide bonds. The fraction of sp³-hybridized carbons (Fsp3) is 0.200. The molecule has 0 bridgehead atoms. The van der Waals surface area contributed by atoms with E-state index in [1.165, 1.54) is 0 Å². The minimum atomic E-state index is -6.51. The molecule has 2 rings (SSSR count). The molecule has 0 aliphatic carbocycles. The normalized spacial score (nSPS) is 13.8. The Labute approximate surface area is 135 Å². The maximum Gasteiger partial charge on any atom is 0.502 e. The number of nitrogens with zero attached hydrogens (tertiary/aromatic N) is 3. The van der Waals surface area contributed by atoms with Crippen molar-refractivity contribution in [2.45, 2.75) is 20.8 Å². The lowest BCUT2D eigenvalue weighted by Crippen LogP contribution is -2.30. The lowest BCUT2D eigenvalue weighted by Gasteiger charge is -2.17. The van der Waals surface area contributed by atoms with Gasteiger partial charge in [-0.15, -0.1) is 0 Å². The summed E-state index contributed by atoms with van der Waals surface area (Å²) in [6.07, 6.45) is 2.27.